The number of ketones is 1. The number of ether oxygens (including phenoxy) is 1. The summed E-state index contributed by atoms with van der Waals surface area (Å²) in [6.07, 6.45) is 2.55. The molecule has 18 heavy (non-hydrogen) atoms. The summed E-state index contributed by atoms with van der Waals surface area (Å²) in [7, 11) is 1.40. The van der Waals surface area contributed by atoms with Crippen molar-refractivity contribution in [2.24, 2.45) is 0 Å². The summed E-state index contributed by atoms with van der Waals surface area (Å²) in [5, 5.41) is 0. The van der Waals surface area contributed by atoms with Crippen LogP contribution in [0.3, 0.4) is 0 Å². The second-order valence-corrected chi connectivity index (χ2v) is 4.05. The number of hydrogen-bond acceptors (Lipinski definition) is 2. The Labute approximate surface area is 102 Å². The predicted octanol–water partition coefficient (Wildman–Crippen LogP) is 3.02. The van der Waals surface area contributed by atoms with Crippen molar-refractivity contribution in [3.63, 3.8) is 0 Å². The minimum Gasteiger partial charge on any atom is -0.496 e. The molecule has 0 unspecified atom stereocenters. The number of carbonyl (C=O) groups excluding carboxylic acids is 1. The van der Waals surface area contributed by atoms with Gasteiger partial charge < -0.3 is 4.74 Å². The third-order valence-electron chi connectivity index (χ3n) is 3.04. The number of carbonyl (C=O) groups is 1. The van der Waals surface area contributed by atoms with E-state index < -0.39 is 17.4 Å². The number of benzene rings is 1. The number of rotatable bonds is 1. The van der Waals surface area contributed by atoms with Gasteiger partial charge >= 0.3 is 0 Å². The Bertz CT molecular complexity index is 666. The lowest BCUT2D eigenvalue weighted by Crippen LogP contribution is -2.10. The van der Waals surface area contributed by atoms with Crippen molar-refractivity contribution >= 4 is 17.4 Å². The van der Waals surface area contributed by atoms with Gasteiger partial charge in [-0.15, -0.1) is 0 Å². The fraction of sp³-hybridized carbons (Fsp3) is 0.0714. The van der Waals surface area contributed by atoms with E-state index in [1.165, 1.54) is 25.3 Å². The summed E-state index contributed by atoms with van der Waals surface area (Å²) >= 11 is 0. The lowest BCUT2D eigenvalue weighted by Gasteiger charge is -2.15. The molecule has 1 aromatic rings. The van der Waals surface area contributed by atoms with Gasteiger partial charge in [-0.25, -0.2) is 8.78 Å². The first-order valence-corrected chi connectivity index (χ1v) is 5.34. The average Bonchev–Trinajstić information content (AvgIpc) is 2.72. The van der Waals surface area contributed by atoms with E-state index in [-0.39, 0.29) is 11.3 Å². The molecule has 0 bridgehead atoms. The molecule has 0 spiro atoms. The zero-order chi connectivity index (χ0) is 12.9. The second kappa shape index (κ2) is 3.63. The van der Waals surface area contributed by atoms with E-state index in [4.69, 9.17) is 4.74 Å². The van der Waals surface area contributed by atoms with Crippen LogP contribution in [0.4, 0.5) is 8.78 Å². The Balaban J connectivity index is 2.30. The Morgan fingerprint density at radius 1 is 1.17 bits per heavy atom. The third kappa shape index (κ3) is 1.35. The maximum atomic E-state index is 13.4. The van der Waals surface area contributed by atoms with Crippen LogP contribution in [0, 0.1) is 5.82 Å². The summed E-state index contributed by atoms with van der Waals surface area (Å²) in [5.41, 5.74) is 1.98. The number of halogens is 2. The summed E-state index contributed by atoms with van der Waals surface area (Å²) in [6, 6.07) is 4.17. The maximum Gasteiger partial charge on any atom is 0.222 e. The number of methoxy groups -OCH3 is 1. The molecule has 0 aliphatic heterocycles. The van der Waals surface area contributed by atoms with Crippen LogP contribution >= 0.6 is 0 Å². The SMILES string of the molecule is COC1=C2C(=Cc3cc(F)ccc32)C(=O)C(F)=C1. The first-order valence-electron chi connectivity index (χ1n) is 5.34. The van der Waals surface area contributed by atoms with Gasteiger partial charge in [-0.2, -0.15) is 0 Å². The molecule has 90 valence electrons. The molecule has 2 aliphatic carbocycles. The molecule has 0 saturated heterocycles. The third-order valence-corrected chi connectivity index (χ3v) is 3.04. The highest BCUT2D eigenvalue weighted by Gasteiger charge is 2.33. The van der Waals surface area contributed by atoms with E-state index in [1.54, 1.807) is 6.07 Å². The van der Waals surface area contributed by atoms with E-state index in [9.17, 15) is 13.6 Å². The zero-order valence-corrected chi connectivity index (χ0v) is 9.46. The lowest BCUT2D eigenvalue weighted by atomic mass is 9.94. The molecule has 2 aliphatic rings. The summed E-state index contributed by atoms with van der Waals surface area (Å²) in [4.78, 5) is 11.7. The van der Waals surface area contributed by atoms with Crippen molar-refractivity contribution in [1.29, 1.82) is 0 Å². The molecule has 0 fully saturated rings. The Kier molecular flexibility index (Phi) is 2.20. The van der Waals surface area contributed by atoms with Crippen LogP contribution in [0.15, 0.2) is 41.4 Å². The van der Waals surface area contributed by atoms with Crippen LogP contribution in [-0.4, -0.2) is 12.9 Å². The molecule has 3 rings (SSSR count). The van der Waals surface area contributed by atoms with Crippen molar-refractivity contribution in [1.82, 2.24) is 0 Å². The van der Waals surface area contributed by atoms with E-state index >= 15 is 0 Å². The van der Waals surface area contributed by atoms with Gasteiger partial charge in [0, 0.05) is 17.2 Å². The van der Waals surface area contributed by atoms with Crippen molar-refractivity contribution in [2.75, 3.05) is 7.11 Å². The molecule has 2 nitrogen and oxygen atoms in total. The van der Waals surface area contributed by atoms with Crippen LogP contribution < -0.4 is 0 Å². The van der Waals surface area contributed by atoms with Crippen LogP contribution in [0.25, 0.3) is 11.6 Å². The van der Waals surface area contributed by atoms with Gasteiger partial charge in [-0.1, -0.05) is 6.07 Å². The minimum absolute atomic E-state index is 0.215. The quantitative estimate of drug-likeness (QED) is 0.761. The van der Waals surface area contributed by atoms with Gasteiger partial charge in [0.05, 0.1) is 7.11 Å². The fourth-order valence-electron chi connectivity index (χ4n) is 2.24. The summed E-state index contributed by atoms with van der Waals surface area (Å²) < 4.78 is 31.7. The highest BCUT2D eigenvalue weighted by atomic mass is 19.1. The average molecular weight is 246 g/mol. The topological polar surface area (TPSA) is 26.3 Å². The molecule has 0 amide bonds. The lowest BCUT2D eigenvalue weighted by molar-refractivity contribution is -0.113. The van der Waals surface area contributed by atoms with Gasteiger partial charge in [0.2, 0.25) is 5.78 Å². The second-order valence-electron chi connectivity index (χ2n) is 4.05. The predicted molar refractivity (Wildman–Crippen MR) is 62.5 cm³/mol. The van der Waals surface area contributed by atoms with Crippen LogP contribution in [0.5, 0.6) is 0 Å². The molecule has 0 radical (unpaired) electrons. The Morgan fingerprint density at radius 2 is 1.94 bits per heavy atom. The highest BCUT2D eigenvalue weighted by molar-refractivity contribution is 6.25. The molecule has 4 heteroatoms. The maximum absolute atomic E-state index is 13.4. The monoisotopic (exact) mass is 246 g/mol. The normalized spacial score (nSPS) is 17.2. The Hall–Kier alpha value is -2.23. The Morgan fingerprint density at radius 3 is 2.67 bits per heavy atom. The van der Waals surface area contributed by atoms with Crippen molar-refractivity contribution in [3.05, 3.63) is 58.4 Å². The first-order chi connectivity index (χ1) is 8.61. The molecule has 0 atom stereocenters. The molecule has 0 N–H and O–H groups in total. The van der Waals surface area contributed by atoms with Crippen LogP contribution in [-0.2, 0) is 9.53 Å². The summed E-state index contributed by atoms with van der Waals surface area (Å²) in [6.45, 7) is 0. The van der Waals surface area contributed by atoms with E-state index in [1.807, 2.05) is 0 Å². The number of hydrogen-bond donors (Lipinski definition) is 0. The number of Topliss-reactive ketones (excluding diaryl/α,β-unsaturated/α-hetero) is 1. The van der Waals surface area contributed by atoms with Gasteiger partial charge in [0.15, 0.2) is 5.83 Å². The molecule has 0 aromatic heterocycles. The van der Waals surface area contributed by atoms with Gasteiger partial charge in [0.1, 0.15) is 11.6 Å². The van der Waals surface area contributed by atoms with Crippen molar-refractivity contribution in [2.45, 2.75) is 0 Å². The smallest absolute Gasteiger partial charge is 0.222 e. The zero-order valence-electron chi connectivity index (χ0n) is 9.46. The molecule has 1 aromatic carbocycles. The first kappa shape index (κ1) is 10.9. The molecular weight excluding hydrogens is 238 g/mol. The largest absolute Gasteiger partial charge is 0.496 e. The van der Waals surface area contributed by atoms with Crippen LogP contribution in [0.2, 0.25) is 0 Å². The fourth-order valence-corrected chi connectivity index (χ4v) is 2.24. The highest BCUT2D eigenvalue weighted by Crippen LogP contribution is 2.42. The van der Waals surface area contributed by atoms with Gasteiger partial charge in [0.25, 0.3) is 0 Å². The van der Waals surface area contributed by atoms with Gasteiger partial charge in [-0.3, -0.25) is 4.79 Å². The van der Waals surface area contributed by atoms with E-state index in [2.05, 4.69) is 0 Å². The summed E-state index contributed by atoms with van der Waals surface area (Å²) in [5.74, 6) is -1.68. The van der Waals surface area contributed by atoms with Crippen LogP contribution in [0.1, 0.15) is 11.1 Å². The van der Waals surface area contributed by atoms with Crippen molar-refractivity contribution in [3.8, 4) is 0 Å². The van der Waals surface area contributed by atoms with E-state index in [0.717, 1.165) is 6.08 Å². The van der Waals surface area contributed by atoms with Gasteiger partial charge in [-0.05, 0) is 29.3 Å². The molecule has 0 saturated carbocycles. The standard InChI is InChI=1S/C14H8F2O2/c1-18-12-6-11(16)14(17)10-5-7-4-8(15)2-3-9(7)13(10)12/h2-6H,1H3. The van der Waals surface area contributed by atoms with E-state index in [0.29, 0.717) is 16.7 Å². The minimum atomic E-state index is -0.866. The molecular formula is C14H8F2O2. The number of allylic oxidation sites excluding steroid dienone is 4. The molecule has 0 heterocycles. The number of fused-ring (bicyclic) bond motifs is 3. The van der Waals surface area contributed by atoms with Crippen molar-refractivity contribution < 1.29 is 18.3 Å².